The molecule has 1 saturated heterocycles. The third-order valence-corrected chi connectivity index (χ3v) is 5.00. The summed E-state index contributed by atoms with van der Waals surface area (Å²) < 4.78 is 5.26. The van der Waals surface area contributed by atoms with E-state index in [4.69, 9.17) is 4.52 Å². The number of amides is 1. The standard InChI is InChI=1S/C18H21N3O4/c22-10-14-7-8-21(9-15(14)23)18(24)13-5-1-11(2-6-13)16-19-17(25-20-16)12-3-4-12/h1-2,5-6,12,14-15,22-23H,3-4,7-10H2/t14-,15+/m1/s1. The van der Waals surface area contributed by atoms with Gasteiger partial charge in [0.15, 0.2) is 0 Å². The molecule has 0 bridgehead atoms. The number of carbonyl (C=O) groups excluding carboxylic acids is 1. The number of nitrogens with zero attached hydrogens (tertiary/aromatic N) is 3. The van der Waals surface area contributed by atoms with Gasteiger partial charge in [-0.15, -0.1) is 0 Å². The first-order chi connectivity index (χ1) is 12.2. The summed E-state index contributed by atoms with van der Waals surface area (Å²) in [6.07, 6.45) is 2.14. The highest BCUT2D eigenvalue weighted by molar-refractivity contribution is 5.94. The number of likely N-dealkylation sites (tertiary alicyclic amines) is 1. The van der Waals surface area contributed by atoms with Crippen molar-refractivity contribution in [2.24, 2.45) is 5.92 Å². The van der Waals surface area contributed by atoms with Crippen LogP contribution in [0, 0.1) is 5.92 Å². The van der Waals surface area contributed by atoms with E-state index in [-0.39, 0.29) is 25.0 Å². The number of benzene rings is 1. The molecule has 2 atom stereocenters. The molecule has 2 heterocycles. The zero-order chi connectivity index (χ0) is 17.4. The van der Waals surface area contributed by atoms with E-state index in [0.29, 0.717) is 36.2 Å². The first kappa shape index (κ1) is 16.2. The monoisotopic (exact) mass is 343 g/mol. The molecule has 1 amide bonds. The maximum absolute atomic E-state index is 12.6. The van der Waals surface area contributed by atoms with Gasteiger partial charge in [0, 0.05) is 42.7 Å². The average molecular weight is 343 g/mol. The van der Waals surface area contributed by atoms with Gasteiger partial charge in [-0.3, -0.25) is 4.79 Å². The topological polar surface area (TPSA) is 99.7 Å². The highest BCUT2D eigenvalue weighted by Crippen LogP contribution is 2.39. The van der Waals surface area contributed by atoms with E-state index >= 15 is 0 Å². The van der Waals surface area contributed by atoms with Gasteiger partial charge in [-0.2, -0.15) is 4.98 Å². The molecule has 2 aromatic rings. The molecular weight excluding hydrogens is 322 g/mol. The molecule has 1 saturated carbocycles. The molecular formula is C18H21N3O4. The van der Waals surface area contributed by atoms with Crippen molar-refractivity contribution >= 4 is 5.91 Å². The molecule has 1 aliphatic heterocycles. The van der Waals surface area contributed by atoms with E-state index in [1.165, 1.54) is 0 Å². The fourth-order valence-corrected chi connectivity index (χ4v) is 3.17. The predicted molar refractivity (Wildman–Crippen MR) is 88.8 cm³/mol. The summed E-state index contributed by atoms with van der Waals surface area (Å²) in [6.45, 7) is 0.741. The quantitative estimate of drug-likeness (QED) is 0.871. The molecule has 0 spiro atoms. The van der Waals surface area contributed by atoms with Crippen molar-refractivity contribution in [3.8, 4) is 11.4 Å². The predicted octanol–water partition coefficient (Wildman–Crippen LogP) is 1.43. The molecule has 7 heteroatoms. The molecule has 25 heavy (non-hydrogen) atoms. The van der Waals surface area contributed by atoms with Crippen LogP contribution in [0.3, 0.4) is 0 Å². The first-order valence-corrected chi connectivity index (χ1v) is 8.68. The largest absolute Gasteiger partial charge is 0.396 e. The number of β-amino-alcohol motifs (C(OH)–C–C–N with tert-alkyl or cyclic N) is 1. The molecule has 2 fully saturated rings. The van der Waals surface area contributed by atoms with Crippen LogP contribution in [0.5, 0.6) is 0 Å². The maximum Gasteiger partial charge on any atom is 0.253 e. The molecule has 132 valence electrons. The summed E-state index contributed by atoms with van der Waals surface area (Å²) in [7, 11) is 0. The first-order valence-electron chi connectivity index (χ1n) is 8.68. The lowest BCUT2D eigenvalue weighted by Gasteiger charge is -2.35. The lowest BCUT2D eigenvalue weighted by atomic mass is 9.94. The molecule has 0 radical (unpaired) electrons. The minimum atomic E-state index is -0.679. The second-order valence-corrected chi connectivity index (χ2v) is 6.86. The Balaban J connectivity index is 1.45. The minimum absolute atomic E-state index is 0.0502. The van der Waals surface area contributed by atoms with E-state index in [1.54, 1.807) is 17.0 Å². The highest BCUT2D eigenvalue weighted by atomic mass is 16.5. The molecule has 7 nitrogen and oxygen atoms in total. The van der Waals surface area contributed by atoms with Gasteiger partial charge in [0.2, 0.25) is 11.7 Å². The Morgan fingerprint density at radius 3 is 2.64 bits per heavy atom. The van der Waals surface area contributed by atoms with Crippen LogP contribution < -0.4 is 0 Å². The summed E-state index contributed by atoms with van der Waals surface area (Å²) in [5.41, 5.74) is 1.37. The fraction of sp³-hybridized carbons (Fsp3) is 0.500. The summed E-state index contributed by atoms with van der Waals surface area (Å²) in [5, 5.41) is 23.2. The van der Waals surface area contributed by atoms with Gasteiger partial charge in [-0.1, -0.05) is 17.3 Å². The van der Waals surface area contributed by atoms with Gasteiger partial charge in [0.05, 0.1) is 6.10 Å². The molecule has 0 unspecified atom stereocenters. The van der Waals surface area contributed by atoms with E-state index in [0.717, 1.165) is 18.4 Å². The zero-order valence-electron chi connectivity index (χ0n) is 13.8. The smallest absolute Gasteiger partial charge is 0.253 e. The summed E-state index contributed by atoms with van der Waals surface area (Å²) in [6, 6.07) is 7.11. The van der Waals surface area contributed by atoms with Crippen LogP contribution in [0.15, 0.2) is 28.8 Å². The molecule has 1 aromatic carbocycles. The van der Waals surface area contributed by atoms with Gasteiger partial charge in [0.25, 0.3) is 5.91 Å². The van der Waals surface area contributed by atoms with Crippen molar-refractivity contribution in [1.29, 1.82) is 0 Å². The second kappa shape index (κ2) is 6.57. The van der Waals surface area contributed by atoms with Crippen LogP contribution in [0.2, 0.25) is 0 Å². The highest BCUT2D eigenvalue weighted by Gasteiger charge is 2.31. The van der Waals surface area contributed by atoms with E-state index in [1.807, 2.05) is 12.1 Å². The van der Waals surface area contributed by atoms with E-state index in [9.17, 15) is 15.0 Å². The number of aliphatic hydroxyl groups is 2. The number of carbonyl (C=O) groups is 1. The van der Waals surface area contributed by atoms with Crippen LogP contribution in [-0.2, 0) is 0 Å². The Kier molecular flexibility index (Phi) is 4.27. The van der Waals surface area contributed by atoms with Crippen molar-refractivity contribution in [2.45, 2.75) is 31.3 Å². The van der Waals surface area contributed by atoms with Crippen molar-refractivity contribution in [1.82, 2.24) is 15.0 Å². The van der Waals surface area contributed by atoms with Crippen LogP contribution in [0.4, 0.5) is 0 Å². The number of hydrogen-bond donors (Lipinski definition) is 2. The van der Waals surface area contributed by atoms with Gasteiger partial charge in [-0.25, -0.2) is 0 Å². The SMILES string of the molecule is O=C(c1ccc(-c2noc(C3CC3)n2)cc1)N1CC[C@H](CO)[C@@H](O)C1. The normalized spacial score (nSPS) is 23.7. The van der Waals surface area contributed by atoms with E-state index in [2.05, 4.69) is 10.1 Å². The van der Waals surface area contributed by atoms with Gasteiger partial charge < -0.3 is 19.6 Å². The Morgan fingerprint density at radius 2 is 2.00 bits per heavy atom. The van der Waals surface area contributed by atoms with Gasteiger partial charge in [-0.05, 0) is 31.4 Å². The van der Waals surface area contributed by atoms with Crippen molar-refractivity contribution < 1.29 is 19.5 Å². The maximum atomic E-state index is 12.6. The third-order valence-electron chi connectivity index (χ3n) is 5.00. The van der Waals surface area contributed by atoms with E-state index < -0.39 is 6.10 Å². The molecule has 2 N–H and O–H groups in total. The number of rotatable bonds is 4. The van der Waals surface area contributed by atoms with Crippen LogP contribution in [0.1, 0.15) is 41.4 Å². The molecule has 1 aromatic heterocycles. The van der Waals surface area contributed by atoms with Crippen LogP contribution >= 0.6 is 0 Å². The lowest BCUT2D eigenvalue weighted by molar-refractivity contribution is 0.000878. The number of piperidine rings is 1. The fourth-order valence-electron chi connectivity index (χ4n) is 3.17. The zero-order valence-corrected chi connectivity index (χ0v) is 13.8. The average Bonchev–Trinajstić information content (AvgIpc) is 3.38. The van der Waals surface area contributed by atoms with Gasteiger partial charge in [0.1, 0.15) is 0 Å². The number of aliphatic hydroxyl groups excluding tert-OH is 2. The molecule has 1 aliphatic carbocycles. The second-order valence-electron chi connectivity index (χ2n) is 6.86. The van der Waals surface area contributed by atoms with Crippen LogP contribution in [-0.4, -0.2) is 57.0 Å². The number of hydrogen-bond acceptors (Lipinski definition) is 6. The molecule has 4 rings (SSSR count). The third kappa shape index (κ3) is 3.29. The number of aromatic nitrogens is 2. The van der Waals surface area contributed by atoms with Gasteiger partial charge >= 0.3 is 0 Å². The Bertz CT molecular complexity index is 754. The Morgan fingerprint density at radius 1 is 1.24 bits per heavy atom. The summed E-state index contributed by atoms with van der Waals surface area (Å²) in [5.74, 6) is 1.38. The Labute approximate surface area is 145 Å². The summed E-state index contributed by atoms with van der Waals surface area (Å²) in [4.78, 5) is 18.6. The van der Waals surface area contributed by atoms with Crippen molar-refractivity contribution in [2.75, 3.05) is 19.7 Å². The van der Waals surface area contributed by atoms with Crippen molar-refractivity contribution in [3.63, 3.8) is 0 Å². The van der Waals surface area contributed by atoms with Crippen molar-refractivity contribution in [3.05, 3.63) is 35.7 Å². The molecule has 2 aliphatic rings. The van der Waals surface area contributed by atoms with Crippen LogP contribution in [0.25, 0.3) is 11.4 Å². The minimum Gasteiger partial charge on any atom is -0.396 e. The summed E-state index contributed by atoms with van der Waals surface area (Å²) >= 11 is 0. The Hall–Kier alpha value is -2.25. The lowest BCUT2D eigenvalue weighted by Crippen LogP contribution is -2.47.